The Balaban J connectivity index is 0.000000162. The van der Waals surface area contributed by atoms with Crippen molar-refractivity contribution in [2.24, 2.45) is 0 Å². The number of piperidine rings is 2. The van der Waals surface area contributed by atoms with E-state index in [9.17, 15) is 68.6 Å². The third-order valence-corrected chi connectivity index (χ3v) is 29.9. The topological polar surface area (TPSA) is 196 Å². The summed E-state index contributed by atoms with van der Waals surface area (Å²) >= 11 is 0. The number of aliphatic carboxylic acids is 1. The quantitative estimate of drug-likeness (QED) is 0.0725. The van der Waals surface area contributed by atoms with Crippen LogP contribution in [-0.4, -0.2) is 268 Å². The van der Waals surface area contributed by atoms with Gasteiger partial charge in [0.05, 0.1) is 38.0 Å². The lowest BCUT2D eigenvalue weighted by atomic mass is 9.83. The number of hydrogen-bond donors (Lipinski definition) is 2. The first-order valence-corrected chi connectivity index (χ1v) is 50.5. The van der Waals surface area contributed by atoms with E-state index >= 15 is 13.2 Å². The molecule has 8 aromatic rings. The molecule has 0 spiro atoms. The van der Waals surface area contributed by atoms with Crippen molar-refractivity contribution in [2.45, 2.75) is 196 Å². The highest BCUT2D eigenvalue weighted by atomic mass is 19.4. The van der Waals surface area contributed by atoms with Crippen LogP contribution in [0.25, 0.3) is 11.1 Å². The number of carbonyl (C=O) groups excluding carboxylic acids is 4. The summed E-state index contributed by atoms with van der Waals surface area (Å²) in [4.78, 5) is 82.9. The predicted molar refractivity (Wildman–Crippen MR) is 545 cm³/mol. The lowest BCUT2D eigenvalue weighted by Crippen LogP contribution is -2.53. The number of methoxy groups -OCH3 is 3. The van der Waals surface area contributed by atoms with Crippen LogP contribution in [0, 0.1) is 0 Å². The normalized spacial score (nSPS) is 22.3. The fraction of sp³-hybridized carbons (Fsp3) is 0.496. The van der Waals surface area contributed by atoms with E-state index in [-0.39, 0.29) is 81.6 Å². The van der Waals surface area contributed by atoms with Gasteiger partial charge in [0.2, 0.25) is 17.0 Å². The van der Waals surface area contributed by atoms with Gasteiger partial charge < -0.3 is 68.4 Å². The second-order valence-electron chi connectivity index (χ2n) is 42.3. The number of piperazine rings is 2. The molecule has 147 heavy (non-hydrogen) atoms. The first kappa shape index (κ1) is 111. The summed E-state index contributed by atoms with van der Waals surface area (Å²) in [5.41, 5.74) is 0.293. The third kappa shape index (κ3) is 26.6. The maximum Gasteiger partial charge on any atom is 0.416 e. The van der Waals surface area contributed by atoms with Gasteiger partial charge >= 0.3 is 36.7 Å². The minimum Gasteiger partial charge on any atom is -0.497 e. The Labute approximate surface area is 853 Å². The summed E-state index contributed by atoms with van der Waals surface area (Å²) in [7, 11) is 4.70. The van der Waals surface area contributed by atoms with Gasteiger partial charge in [-0.2, -0.15) is 39.5 Å². The van der Waals surface area contributed by atoms with Crippen LogP contribution in [0.5, 0.6) is 17.2 Å². The summed E-state index contributed by atoms with van der Waals surface area (Å²) < 4.78 is 199. The molecule has 794 valence electrons. The van der Waals surface area contributed by atoms with Gasteiger partial charge in [-0.1, -0.05) is 127 Å². The van der Waals surface area contributed by atoms with Crippen LogP contribution in [0.4, 0.5) is 79.3 Å². The number of alkyl halides is 12. The largest absolute Gasteiger partial charge is 0.497 e. The molecule has 9 aliphatic rings. The molecule has 7 fully saturated rings. The number of rotatable bonds is 19. The molecule has 9 heterocycles. The number of nitrogens with zero attached hydrogens (tertiary/aromatic N) is 10. The number of ether oxygens (including phenoxy) is 5. The van der Waals surface area contributed by atoms with Gasteiger partial charge in [-0.15, -0.1) is 0 Å². The first-order valence-electron chi connectivity index (χ1n) is 50.5. The number of carbonyl (C=O) groups is 5. The second kappa shape index (κ2) is 46.4. The number of carboxylic acids is 1. The summed E-state index contributed by atoms with van der Waals surface area (Å²) in [6, 6.07) is 51.9. The van der Waals surface area contributed by atoms with E-state index in [0.29, 0.717) is 143 Å². The van der Waals surface area contributed by atoms with E-state index in [1.807, 2.05) is 184 Å². The lowest BCUT2D eigenvalue weighted by molar-refractivity contribution is -0.151. The molecule has 9 aliphatic heterocycles. The Kier molecular flexibility index (Phi) is 34.9. The molecule has 7 saturated heterocycles. The minimum atomic E-state index is -4.54. The number of nitrogens with one attached hydrogen (secondary N) is 1. The van der Waals surface area contributed by atoms with Crippen molar-refractivity contribution in [2.75, 3.05) is 180 Å². The molecule has 0 aliphatic carbocycles. The smallest absolute Gasteiger partial charge is 0.416 e. The number of amides is 4. The molecule has 6 atom stereocenters. The molecule has 34 heteroatoms. The van der Waals surface area contributed by atoms with Crippen LogP contribution < -0.4 is 34.2 Å². The van der Waals surface area contributed by atoms with Crippen LogP contribution in [0.1, 0.15) is 192 Å². The van der Waals surface area contributed by atoms with Crippen LogP contribution in [-0.2, 0) is 55.6 Å². The highest BCUT2D eigenvalue weighted by Crippen LogP contribution is 2.50. The number of hydrogen-bond acceptors (Lipinski definition) is 17. The fourth-order valence-electron chi connectivity index (χ4n) is 21.0. The molecular formula is C113H137F12N11O11. The Morgan fingerprint density at radius 3 is 1.10 bits per heavy atom. The highest BCUT2D eigenvalue weighted by molar-refractivity contribution is 5.90. The van der Waals surface area contributed by atoms with Crippen molar-refractivity contribution in [3.05, 3.63) is 261 Å². The molecule has 17 rings (SSSR count). The second-order valence-corrected chi connectivity index (χ2v) is 42.3. The monoisotopic (exact) mass is 2050 g/mol. The average Bonchev–Trinajstić information content (AvgIpc) is 1.63. The first-order chi connectivity index (χ1) is 69.6. The number of anilines is 3. The van der Waals surface area contributed by atoms with Crippen molar-refractivity contribution in [3.63, 3.8) is 0 Å². The van der Waals surface area contributed by atoms with E-state index in [4.69, 9.17) is 23.7 Å². The van der Waals surface area contributed by atoms with Gasteiger partial charge in [0.15, 0.2) is 0 Å². The van der Waals surface area contributed by atoms with E-state index < -0.39 is 99.9 Å². The summed E-state index contributed by atoms with van der Waals surface area (Å²) in [6.45, 7) is 26.4. The third-order valence-electron chi connectivity index (χ3n) is 29.9. The summed E-state index contributed by atoms with van der Waals surface area (Å²) in [5.74, 6) is -2.45. The van der Waals surface area contributed by atoms with Crippen molar-refractivity contribution in [1.82, 2.24) is 39.6 Å². The summed E-state index contributed by atoms with van der Waals surface area (Å²) in [6.07, 6.45) is -5.07. The SMILES string of the molecule is COc1ccc([C@@H]2CN(C(C)(C)C)C[C@@]2(F)C(=O)N2CC=C(c3ccc(C(F)(F)F)cc3N3CCN(C(=O)OCc4ccccc4)CC3)CC2)cc1.COc1ccc([C@@H]2CN(C(C)(C)C)C[C@@]2(F)C(=O)N2CCC(c3ccc(C(F)(F)F)cc3N3CCCCC3)CC2)cc1.COc1ccc([C@@H]2CN(C(C)(C)C)C[C@@]2(F)C(=O)O)cc1.O=C(OCc1ccccc1)N1CCN(c2cc(C(F)(F)F)ccc2C2=CCNCC2)CC1. The van der Waals surface area contributed by atoms with Gasteiger partial charge in [-0.25, -0.2) is 27.6 Å². The van der Waals surface area contributed by atoms with Gasteiger partial charge in [0.25, 0.3) is 11.8 Å². The highest BCUT2D eigenvalue weighted by Gasteiger charge is 2.60. The Morgan fingerprint density at radius 2 is 0.748 bits per heavy atom. The Hall–Kier alpha value is -12.0. The molecule has 8 aromatic carbocycles. The number of benzene rings is 8. The predicted octanol–water partition coefficient (Wildman–Crippen LogP) is 21.6. The van der Waals surface area contributed by atoms with Crippen molar-refractivity contribution < 1.29 is 105 Å². The van der Waals surface area contributed by atoms with E-state index in [0.717, 1.165) is 108 Å². The van der Waals surface area contributed by atoms with Crippen molar-refractivity contribution >= 4 is 58.2 Å². The molecule has 22 nitrogen and oxygen atoms in total. The zero-order chi connectivity index (χ0) is 106. The van der Waals surface area contributed by atoms with Gasteiger partial charge in [0, 0.05) is 200 Å². The summed E-state index contributed by atoms with van der Waals surface area (Å²) in [5, 5.41) is 12.6. The van der Waals surface area contributed by atoms with E-state index in [1.54, 1.807) is 96.7 Å². The Morgan fingerprint density at radius 1 is 0.388 bits per heavy atom. The molecule has 0 unspecified atom stereocenters. The van der Waals surface area contributed by atoms with E-state index in [1.165, 1.54) is 29.2 Å². The fourth-order valence-corrected chi connectivity index (χ4v) is 21.0. The van der Waals surface area contributed by atoms with Crippen LogP contribution in [0.3, 0.4) is 0 Å². The number of carboxylic acid groups (broad SMARTS) is 1. The minimum absolute atomic E-state index is 0.0101. The molecule has 0 radical (unpaired) electrons. The Bertz CT molecular complexity index is 5870. The van der Waals surface area contributed by atoms with Crippen LogP contribution in [0.15, 0.2) is 200 Å². The zero-order valence-electron chi connectivity index (χ0n) is 85.8. The zero-order valence-corrected chi connectivity index (χ0v) is 85.8. The van der Waals surface area contributed by atoms with Crippen LogP contribution in [0.2, 0.25) is 0 Å². The molecular weight excluding hydrogens is 1920 g/mol. The van der Waals surface area contributed by atoms with Crippen molar-refractivity contribution in [3.8, 4) is 17.2 Å². The molecule has 2 N–H and O–H groups in total. The van der Waals surface area contributed by atoms with Crippen molar-refractivity contribution in [1.29, 1.82) is 0 Å². The van der Waals surface area contributed by atoms with Gasteiger partial charge in [-0.3, -0.25) is 24.3 Å². The average molecular weight is 2050 g/mol. The van der Waals surface area contributed by atoms with E-state index in [2.05, 4.69) is 10.2 Å². The molecule has 0 aromatic heterocycles. The number of likely N-dealkylation sites (tertiary alicyclic amines) is 4. The number of halogens is 12. The van der Waals surface area contributed by atoms with Crippen LogP contribution >= 0.6 is 0 Å². The standard InChI is InChI=1S/C40H46F4N4O4.C33H43F4N3O2.C24H26F3N3O2.C16H22FNO3/c1-38(2,3)48-25-34(30-10-13-32(51-4)14-11-30)39(41,27-48)36(49)46-18-16-29(17-19-46)33-15-12-31(40(42,43)44)24-35(33)45-20-22-47(23-21-45)37(50)52-26-28-8-6-5-7-9-28;1-31(2,3)40-21-28(24-8-11-26(42-4)12-9-24)32(34,22-40)30(41)39-18-14-23(15-19-39)27-13-10-25(33(35,36)37)20-29(27)38-16-6-5-7-17-38;25-24(26,27)20-6-7-21(19-8-10-28-11-9-19)22(16-20)29-12-14-30(15-13-29)23(31)32-17-18-4-2-1-3-5-18;1-15(2,3)18-9-13(16(17,10-18)14(19)20)11-5-7-12(21-4)8-6-11/h5-16,24,34H,17-23,25-27H2,1-4H3;8-13,20,23,28H,5-7,14-19,21-22H2,1-4H3;1-8,16,28H,9-15,17H2;5-8,13H,9-10H2,1-4H3,(H,19,20)/t34-,39-;28-,32-;;13-,16-/m00.0/s1. The lowest BCUT2D eigenvalue weighted by Gasteiger charge is -2.39. The van der Waals surface area contributed by atoms with Gasteiger partial charge in [-0.05, 0) is 237 Å². The van der Waals surface area contributed by atoms with Gasteiger partial charge in [0.1, 0.15) is 30.5 Å². The maximum absolute atomic E-state index is 17.3. The molecule has 0 saturated carbocycles. The molecule has 4 amide bonds. The maximum atomic E-state index is 17.3. The molecule has 0 bridgehead atoms.